The highest BCUT2D eigenvalue weighted by molar-refractivity contribution is 5.85. The van der Waals surface area contributed by atoms with Crippen LogP contribution in [0.2, 0.25) is 0 Å². The summed E-state index contributed by atoms with van der Waals surface area (Å²) in [5, 5.41) is 1.70. The van der Waals surface area contributed by atoms with Gasteiger partial charge in [-0.15, -0.1) is 0 Å². The molecule has 1 aliphatic rings. The molecule has 4 heterocycles. The molecule has 28 heavy (non-hydrogen) atoms. The maximum Gasteiger partial charge on any atom is 0.262 e. The van der Waals surface area contributed by atoms with E-state index < -0.39 is 0 Å². The summed E-state index contributed by atoms with van der Waals surface area (Å²) >= 11 is 0. The number of hydrogen-bond acceptors (Lipinski definition) is 5. The number of H-pyrrole nitrogens is 1. The van der Waals surface area contributed by atoms with Gasteiger partial charge in [0.1, 0.15) is 11.9 Å². The highest BCUT2D eigenvalue weighted by atomic mass is 16.5. The van der Waals surface area contributed by atoms with Crippen molar-refractivity contribution in [2.45, 2.75) is 18.9 Å². The number of ether oxygens (including phenoxy) is 1. The minimum absolute atomic E-state index is 0.0418. The number of piperidine rings is 1. The Bertz CT molecular complexity index is 1200. The minimum atomic E-state index is -0.0418. The Morgan fingerprint density at radius 1 is 1.14 bits per heavy atom. The molecule has 7 heteroatoms. The van der Waals surface area contributed by atoms with Gasteiger partial charge in [-0.3, -0.25) is 14.3 Å². The monoisotopic (exact) mass is 375 g/mol. The van der Waals surface area contributed by atoms with Crippen molar-refractivity contribution >= 4 is 27.8 Å². The van der Waals surface area contributed by atoms with Gasteiger partial charge in [0, 0.05) is 56.3 Å². The zero-order chi connectivity index (χ0) is 19.1. The number of rotatable bonds is 3. The number of fused-ring (bicyclic) bond motifs is 2. The van der Waals surface area contributed by atoms with Crippen molar-refractivity contribution in [2.24, 2.45) is 7.05 Å². The molecule has 0 amide bonds. The van der Waals surface area contributed by atoms with Crippen molar-refractivity contribution < 1.29 is 4.74 Å². The number of nitrogens with zero attached hydrogens (tertiary/aromatic N) is 4. The second-order valence-corrected chi connectivity index (χ2v) is 7.17. The molecule has 0 spiro atoms. The van der Waals surface area contributed by atoms with Crippen LogP contribution in [0, 0.1) is 0 Å². The summed E-state index contributed by atoms with van der Waals surface area (Å²) in [6.45, 7) is 1.58. The maximum atomic E-state index is 12.6. The second kappa shape index (κ2) is 6.67. The molecule has 1 saturated heterocycles. The normalized spacial score (nSPS) is 15.4. The largest absolute Gasteiger partial charge is 0.490 e. The molecule has 1 fully saturated rings. The number of pyridine rings is 1. The summed E-state index contributed by atoms with van der Waals surface area (Å²) < 4.78 is 7.92. The molecule has 5 rings (SSSR count). The molecular formula is C21H21N5O2. The zero-order valence-electron chi connectivity index (χ0n) is 15.6. The smallest absolute Gasteiger partial charge is 0.262 e. The van der Waals surface area contributed by atoms with Crippen molar-refractivity contribution in [1.82, 2.24) is 19.5 Å². The fourth-order valence-corrected chi connectivity index (χ4v) is 3.91. The third-order valence-corrected chi connectivity index (χ3v) is 5.43. The number of anilines is 1. The van der Waals surface area contributed by atoms with Crippen LogP contribution in [0.5, 0.6) is 5.75 Å². The highest BCUT2D eigenvalue weighted by Gasteiger charge is 2.24. The minimum Gasteiger partial charge on any atom is -0.490 e. The summed E-state index contributed by atoms with van der Waals surface area (Å²) in [4.78, 5) is 26.8. The number of benzene rings is 1. The average molecular weight is 375 g/mol. The Hall–Kier alpha value is -3.35. The van der Waals surface area contributed by atoms with Crippen LogP contribution < -0.4 is 15.2 Å². The van der Waals surface area contributed by atoms with Gasteiger partial charge in [-0.05, 0) is 24.3 Å². The first kappa shape index (κ1) is 16.8. The van der Waals surface area contributed by atoms with Crippen molar-refractivity contribution in [2.75, 3.05) is 18.0 Å². The van der Waals surface area contributed by atoms with Gasteiger partial charge >= 0.3 is 0 Å². The van der Waals surface area contributed by atoms with Crippen molar-refractivity contribution in [3.05, 3.63) is 59.3 Å². The van der Waals surface area contributed by atoms with Gasteiger partial charge in [-0.2, -0.15) is 0 Å². The quantitative estimate of drug-likeness (QED) is 0.596. The molecule has 0 saturated carbocycles. The molecule has 0 unspecified atom stereocenters. The van der Waals surface area contributed by atoms with Gasteiger partial charge in [-0.1, -0.05) is 6.07 Å². The molecule has 1 aliphatic heterocycles. The van der Waals surface area contributed by atoms with E-state index in [2.05, 4.69) is 19.9 Å². The molecular weight excluding hydrogens is 354 g/mol. The van der Waals surface area contributed by atoms with Crippen molar-refractivity contribution in [3.8, 4) is 5.75 Å². The van der Waals surface area contributed by atoms with E-state index in [1.54, 1.807) is 30.1 Å². The first-order valence-corrected chi connectivity index (χ1v) is 9.49. The number of hydrogen-bond donors (Lipinski definition) is 1. The second-order valence-electron chi connectivity index (χ2n) is 7.17. The fraction of sp³-hybridized carbons (Fsp3) is 0.286. The number of aromatic amines is 1. The topological polar surface area (TPSA) is 76.0 Å². The van der Waals surface area contributed by atoms with Crippen LogP contribution in [0.4, 0.5) is 5.95 Å². The Morgan fingerprint density at radius 3 is 2.86 bits per heavy atom. The molecule has 1 aromatic carbocycles. The lowest BCUT2D eigenvalue weighted by Gasteiger charge is -2.33. The standard InChI is InChI=1S/C21H21N5O2/c1-25-20(27)16-5-9-22-13-18(16)24-21(25)26-11-7-14(8-12-26)28-19-4-2-3-17-15(19)6-10-23-17/h2-6,9-10,13-14,23H,7-8,11-12H2,1H3. The molecule has 0 radical (unpaired) electrons. The molecule has 0 atom stereocenters. The van der Waals surface area contributed by atoms with Gasteiger partial charge in [0.05, 0.1) is 17.1 Å². The van der Waals surface area contributed by atoms with E-state index in [0.29, 0.717) is 16.9 Å². The van der Waals surface area contributed by atoms with Crippen LogP contribution in [0.25, 0.3) is 21.8 Å². The van der Waals surface area contributed by atoms with E-state index in [1.165, 1.54) is 0 Å². The number of nitrogens with one attached hydrogen (secondary N) is 1. The summed E-state index contributed by atoms with van der Waals surface area (Å²) in [6.07, 6.45) is 7.10. The van der Waals surface area contributed by atoms with E-state index in [0.717, 1.165) is 42.6 Å². The summed E-state index contributed by atoms with van der Waals surface area (Å²) in [6, 6.07) is 9.83. The fourth-order valence-electron chi connectivity index (χ4n) is 3.91. The lowest BCUT2D eigenvalue weighted by atomic mass is 10.1. The SMILES string of the molecule is Cn1c(N2CCC(Oc3cccc4[nH]ccc34)CC2)nc2cnccc2c1=O. The predicted molar refractivity (Wildman–Crippen MR) is 109 cm³/mol. The van der Waals surface area contributed by atoms with Crippen LogP contribution in [-0.4, -0.2) is 38.7 Å². The summed E-state index contributed by atoms with van der Waals surface area (Å²) in [5.74, 6) is 1.61. The average Bonchev–Trinajstić information content (AvgIpc) is 3.21. The van der Waals surface area contributed by atoms with Gasteiger partial charge in [-0.25, -0.2) is 4.98 Å². The van der Waals surface area contributed by atoms with E-state index in [-0.39, 0.29) is 11.7 Å². The predicted octanol–water partition coefficient (Wildman–Crippen LogP) is 2.86. The van der Waals surface area contributed by atoms with Crippen LogP contribution in [0.1, 0.15) is 12.8 Å². The van der Waals surface area contributed by atoms with E-state index >= 15 is 0 Å². The van der Waals surface area contributed by atoms with Crippen LogP contribution in [0.15, 0.2) is 53.7 Å². The van der Waals surface area contributed by atoms with Gasteiger partial charge in [0.2, 0.25) is 5.95 Å². The van der Waals surface area contributed by atoms with Crippen LogP contribution >= 0.6 is 0 Å². The lowest BCUT2D eigenvalue weighted by molar-refractivity contribution is 0.172. The molecule has 142 valence electrons. The third-order valence-electron chi connectivity index (χ3n) is 5.43. The van der Waals surface area contributed by atoms with Gasteiger partial charge in [0.15, 0.2) is 0 Å². The highest BCUT2D eigenvalue weighted by Crippen LogP contribution is 2.28. The maximum absolute atomic E-state index is 12.6. The Labute approximate surface area is 161 Å². The molecule has 1 N–H and O–H groups in total. The summed E-state index contributed by atoms with van der Waals surface area (Å²) in [5.41, 5.74) is 1.68. The van der Waals surface area contributed by atoms with Crippen molar-refractivity contribution in [3.63, 3.8) is 0 Å². The Morgan fingerprint density at radius 2 is 2.00 bits per heavy atom. The van der Waals surface area contributed by atoms with Gasteiger partial charge in [0.25, 0.3) is 5.56 Å². The summed E-state index contributed by atoms with van der Waals surface area (Å²) in [7, 11) is 1.78. The lowest BCUT2D eigenvalue weighted by Crippen LogP contribution is -2.41. The molecule has 3 aromatic heterocycles. The van der Waals surface area contributed by atoms with Crippen LogP contribution in [0.3, 0.4) is 0 Å². The van der Waals surface area contributed by atoms with Gasteiger partial charge < -0.3 is 14.6 Å². The first-order valence-electron chi connectivity index (χ1n) is 9.49. The Kier molecular flexibility index (Phi) is 4.00. The molecule has 4 aromatic rings. The van der Waals surface area contributed by atoms with Crippen molar-refractivity contribution in [1.29, 1.82) is 0 Å². The number of aromatic nitrogens is 4. The molecule has 0 aliphatic carbocycles. The van der Waals surface area contributed by atoms with E-state index in [1.807, 2.05) is 30.5 Å². The first-order chi connectivity index (χ1) is 13.7. The molecule has 7 nitrogen and oxygen atoms in total. The van der Waals surface area contributed by atoms with E-state index in [9.17, 15) is 4.79 Å². The molecule has 0 bridgehead atoms. The Balaban J connectivity index is 1.35. The third kappa shape index (κ3) is 2.79. The zero-order valence-corrected chi connectivity index (χ0v) is 15.6. The van der Waals surface area contributed by atoms with E-state index in [4.69, 9.17) is 4.74 Å². The van der Waals surface area contributed by atoms with Crippen LogP contribution in [-0.2, 0) is 7.05 Å².